The second kappa shape index (κ2) is 7.61. The van der Waals surface area contributed by atoms with Crippen molar-refractivity contribution in [3.05, 3.63) is 65.9 Å². The predicted molar refractivity (Wildman–Crippen MR) is 117 cm³/mol. The molecule has 0 radical (unpaired) electrons. The van der Waals surface area contributed by atoms with Gasteiger partial charge in [-0.3, -0.25) is 14.6 Å². The average Bonchev–Trinajstić information content (AvgIpc) is 3.25. The number of carbonyl (C=O) groups excluding carboxylic acids is 2. The molecule has 6 heteroatoms. The van der Waals surface area contributed by atoms with Gasteiger partial charge < -0.3 is 4.98 Å². The van der Waals surface area contributed by atoms with Crippen LogP contribution in [0.1, 0.15) is 30.0 Å². The van der Waals surface area contributed by atoms with Gasteiger partial charge in [0.25, 0.3) is 5.91 Å². The number of para-hydroxylation sites is 2. The fourth-order valence-electron chi connectivity index (χ4n) is 4.88. The summed E-state index contributed by atoms with van der Waals surface area (Å²) in [6.07, 6.45) is 2.06. The zero-order chi connectivity index (χ0) is 20.7. The van der Waals surface area contributed by atoms with Gasteiger partial charge in [0.15, 0.2) is 0 Å². The summed E-state index contributed by atoms with van der Waals surface area (Å²) in [5.74, 6) is 0.377. The quantitative estimate of drug-likeness (QED) is 0.669. The van der Waals surface area contributed by atoms with Crippen LogP contribution in [0.25, 0.3) is 10.9 Å². The molecule has 2 aliphatic heterocycles. The highest BCUT2D eigenvalue weighted by atomic mass is 16.2. The van der Waals surface area contributed by atoms with E-state index < -0.39 is 0 Å². The minimum absolute atomic E-state index is 0.119. The number of aryl methyl sites for hydroxylation is 1. The van der Waals surface area contributed by atoms with Gasteiger partial charge in [0.1, 0.15) is 6.54 Å². The lowest BCUT2D eigenvalue weighted by Gasteiger charge is -2.34. The monoisotopic (exact) mass is 402 g/mol. The number of benzene rings is 2. The van der Waals surface area contributed by atoms with Crippen LogP contribution in [0, 0.1) is 6.92 Å². The molecule has 1 N–H and O–H groups in total. The fraction of sp³-hybridized carbons (Fsp3) is 0.333. The van der Waals surface area contributed by atoms with E-state index in [0.717, 1.165) is 31.6 Å². The van der Waals surface area contributed by atoms with Gasteiger partial charge >= 0.3 is 6.03 Å². The van der Waals surface area contributed by atoms with Gasteiger partial charge in [-0.15, -0.1) is 0 Å². The number of urea groups is 1. The summed E-state index contributed by atoms with van der Waals surface area (Å²) in [5.41, 5.74) is 4.64. The van der Waals surface area contributed by atoms with Crippen LogP contribution < -0.4 is 4.90 Å². The van der Waals surface area contributed by atoms with Crippen LogP contribution in [-0.2, 0) is 4.79 Å². The number of aromatic nitrogens is 1. The zero-order valence-corrected chi connectivity index (χ0v) is 17.2. The molecule has 2 fully saturated rings. The van der Waals surface area contributed by atoms with E-state index >= 15 is 0 Å². The van der Waals surface area contributed by atoms with Crippen LogP contribution in [0.5, 0.6) is 0 Å². The van der Waals surface area contributed by atoms with Gasteiger partial charge in [0.2, 0.25) is 0 Å². The predicted octanol–water partition coefficient (Wildman–Crippen LogP) is 4.08. The highest BCUT2D eigenvalue weighted by Crippen LogP contribution is 2.35. The molecule has 0 bridgehead atoms. The SMILES string of the molecule is Cc1[nH]c2ccccc2c1C1CCN(CN2C(=O)CN(c3ccccc3)C2=O)CC1. The Labute approximate surface area is 176 Å². The van der Waals surface area contributed by atoms with Gasteiger partial charge in [0, 0.05) is 35.4 Å². The van der Waals surface area contributed by atoms with Crippen molar-refractivity contribution in [1.29, 1.82) is 0 Å². The molecule has 1 aromatic heterocycles. The standard InChI is InChI=1S/C24H26N4O2/c1-17-23(20-9-5-6-10-21(20)25-17)18-11-13-26(14-12-18)16-28-22(29)15-27(24(28)30)19-7-3-2-4-8-19/h2-10,18,25H,11-16H2,1H3. The molecule has 2 saturated heterocycles. The van der Waals surface area contributed by atoms with Crippen molar-refractivity contribution in [3.8, 4) is 0 Å². The Hall–Kier alpha value is -3.12. The molecule has 0 spiro atoms. The van der Waals surface area contributed by atoms with Crippen LogP contribution in [0.2, 0.25) is 0 Å². The number of carbonyl (C=O) groups is 2. The molecule has 3 aromatic rings. The van der Waals surface area contributed by atoms with Crippen LogP contribution in [0.15, 0.2) is 54.6 Å². The first kappa shape index (κ1) is 18.9. The maximum absolute atomic E-state index is 12.8. The molecule has 2 aliphatic rings. The number of aromatic amines is 1. The van der Waals surface area contributed by atoms with Crippen molar-refractivity contribution in [2.75, 3.05) is 31.2 Å². The molecule has 2 aromatic carbocycles. The number of rotatable bonds is 4. The summed E-state index contributed by atoms with van der Waals surface area (Å²) < 4.78 is 0. The number of anilines is 1. The van der Waals surface area contributed by atoms with Crippen LogP contribution in [0.3, 0.4) is 0 Å². The molecular formula is C24H26N4O2. The molecule has 30 heavy (non-hydrogen) atoms. The fourth-order valence-corrected chi connectivity index (χ4v) is 4.88. The van der Waals surface area contributed by atoms with Crippen molar-refractivity contribution in [1.82, 2.24) is 14.8 Å². The van der Waals surface area contributed by atoms with E-state index in [4.69, 9.17) is 0 Å². The molecule has 3 amide bonds. The molecule has 6 nitrogen and oxygen atoms in total. The number of nitrogens with one attached hydrogen (secondary N) is 1. The molecule has 0 saturated carbocycles. The van der Waals surface area contributed by atoms with Crippen molar-refractivity contribution in [2.45, 2.75) is 25.7 Å². The molecular weight excluding hydrogens is 376 g/mol. The molecule has 0 unspecified atom stereocenters. The third-order valence-corrected chi connectivity index (χ3v) is 6.40. The van der Waals surface area contributed by atoms with E-state index in [-0.39, 0.29) is 18.5 Å². The summed E-state index contributed by atoms with van der Waals surface area (Å²) in [6.45, 7) is 4.41. The van der Waals surface area contributed by atoms with E-state index in [9.17, 15) is 9.59 Å². The van der Waals surface area contributed by atoms with Crippen molar-refractivity contribution in [3.63, 3.8) is 0 Å². The number of hydrogen-bond donors (Lipinski definition) is 1. The average molecular weight is 402 g/mol. The second-order valence-electron chi connectivity index (χ2n) is 8.27. The van der Waals surface area contributed by atoms with Crippen LogP contribution in [-0.4, -0.2) is 53.0 Å². The Morgan fingerprint density at radius 2 is 1.67 bits per heavy atom. The van der Waals surface area contributed by atoms with E-state index in [1.807, 2.05) is 30.3 Å². The summed E-state index contributed by atoms with van der Waals surface area (Å²) in [6, 6.07) is 17.7. The number of H-pyrrole nitrogens is 1. The number of nitrogens with zero attached hydrogens (tertiary/aromatic N) is 3. The molecule has 0 aliphatic carbocycles. The summed E-state index contributed by atoms with van der Waals surface area (Å²) in [4.78, 5) is 34.0. The molecule has 154 valence electrons. The third kappa shape index (κ3) is 3.27. The Kier molecular flexibility index (Phi) is 4.79. The zero-order valence-electron chi connectivity index (χ0n) is 17.2. The number of likely N-dealkylation sites (tertiary alicyclic amines) is 1. The lowest BCUT2D eigenvalue weighted by Crippen LogP contribution is -2.45. The topological polar surface area (TPSA) is 59.7 Å². The minimum atomic E-state index is -0.221. The van der Waals surface area contributed by atoms with Gasteiger partial charge in [-0.2, -0.15) is 0 Å². The molecule has 5 rings (SSSR count). The highest BCUT2D eigenvalue weighted by molar-refractivity contribution is 6.12. The number of fused-ring (bicyclic) bond motifs is 1. The molecule has 0 atom stereocenters. The van der Waals surface area contributed by atoms with E-state index in [0.29, 0.717) is 12.6 Å². The van der Waals surface area contributed by atoms with Crippen LogP contribution >= 0.6 is 0 Å². The van der Waals surface area contributed by atoms with E-state index in [1.165, 1.54) is 27.1 Å². The lowest BCUT2D eigenvalue weighted by molar-refractivity contribution is -0.126. The van der Waals surface area contributed by atoms with E-state index in [1.54, 1.807) is 4.90 Å². The third-order valence-electron chi connectivity index (χ3n) is 6.40. The Morgan fingerprint density at radius 3 is 2.43 bits per heavy atom. The van der Waals surface area contributed by atoms with Crippen molar-refractivity contribution < 1.29 is 9.59 Å². The minimum Gasteiger partial charge on any atom is -0.358 e. The Morgan fingerprint density at radius 1 is 0.967 bits per heavy atom. The first-order valence-electron chi connectivity index (χ1n) is 10.6. The smallest absolute Gasteiger partial charge is 0.332 e. The van der Waals surface area contributed by atoms with Gasteiger partial charge in [-0.25, -0.2) is 9.69 Å². The van der Waals surface area contributed by atoms with Crippen molar-refractivity contribution in [2.24, 2.45) is 0 Å². The van der Waals surface area contributed by atoms with Crippen molar-refractivity contribution >= 4 is 28.5 Å². The highest BCUT2D eigenvalue weighted by Gasteiger charge is 2.38. The Balaban J connectivity index is 1.25. The summed E-state index contributed by atoms with van der Waals surface area (Å²) in [7, 11) is 0. The normalized spacial score (nSPS) is 18.7. The first-order valence-corrected chi connectivity index (χ1v) is 10.6. The van der Waals surface area contributed by atoms with E-state index in [2.05, 4.69) is 41.1 Å². The van der Waals surface area contributed by atoms with Gasteiger partial charge in [-0.1, -0.05) is 36.4 Å². The number of hydrogen-bond acceptors (Lipinski definition) is 3. The van der Waals surface area contributed by atoms with Crippen LogP contribution in [0.4, 0.5) is 10.5 Å². The summed E-state index contributed by atoms with van der Waals surface area (Å²) in [5, 5.41) is 1.32. The maximum atomic E-state index is 12.8. The number of amides is 3. The summed E-state index contributed by atoms with van der Waals surface area (Å²) >= 11 is 0. The number of imide groups is 1. The largest absolute Gasteiger partial charge is 0.358 e. The molecule has 3 heterocycles. The van der Waals surface area contributed by atoms with Gasteiger partial charge in [-0.05, 0) is 49.4 Å². The second-order valence-corrected chi connectivity index (χ2v) is 8.27. The first-order chi connectivity index (χ1) is 14.6. The maximum Gasteiger partial charge on any atom is 0.332 e. The van der Waals surface area contributed by atoms with Gasteiger partial charge in [0.05, 0.1) is 6.67 Å². The lowest BCUT2D eigenvalue weighted by atomic mass is 9.87. The Bertz CT molecular complexity index is 1080. The number of piperidine rings is 1.